The number of hydrogen-bond acceptors (Lipinski definition) is 6. The first-order valence-corrected chi connectivity index (χ1v) is 12.0. The van der Waals surface area contributed by atoms with Crippen LogP contribution < -0.4 is 5.32 Å². The molecule has 8 heteroatoms. The Morgan fingerprint density at radius 2 is 1.94 bits per heavy atom. The van der Waals surface area contributed by atoms with Crippen molar-refractivity contribution in [3.8, 4) is 0 Å². The van der Waals surface area contributed by atoms with Gasteiger partial charge in [0.05, 0.1) is 10.9 Å². The van der Waals surface area contributed by atoms with Crippen molar-refractivity contribution < 1.29 is 17.7 Å². The number of amides is 1. The second-order valence-corrected chi connectivity index (χ2v) is 9.88. The van der Waals surface area contributed by atoms with Gasteiger partial charge in [-0.05, 0) is 49.4 Å². The van der Waals surface area contributed by atoms with Gasteiger partial charge in [-0.3, -0.25) is 4.79 Å². The van der Waals surface area contributed by atoms with Crippen molar-refractivity contribution in [3.63, 3.8) is 0 Å². The Morgan fingerprint density at radius 1 is 1.16 bits per heavy atom. The third-order valence-electron chi connectivity index (χ3n) is 5.48. The summed E-state index contributed by atoms with van der Waals surface area (Å²) in [4.78, 5) is 16.8. The number of rotatable bonds is 7. The van der Waals surface area contributed by atoms with E-state index in [0.717, 1.165) is 24.8 Å². The molecule has 0 spiro atoms. The Bertz CT molecular complexity index is 1170. The maximum absolute atomic E-state index is 12.5. The first-order valence-electron chi connectivity index (χ1n) is 10.4. The predicted molar refractivity (Wildman–Crippen MR) is 115 cm³/mol. The molecule has 1 aliphatic carbocycles. The second-order valence-electron chi connectivity index (χ2n) is 7.89. The van der Waals surface area contributed by atoms with Crippen LogP contribution in [-0.2, 0) is 33.2 Å². The molecule has 7 nitrogen and oxygen atoms in total. The fourth-order valence-corrected chi connectivity index (χ4v) is 5.01. The summed E-state index contributed by atoms with van der Waals surface area (Å²) >= 11 is 0. The highest BCUT2D eigenvalue weighted by Gasteiger charge is 2.22. The zero-order valence-corrected chi connectivity index (χ0v) is 18.2. The van der Waals surface area contributed by atoms with Crippen LogP contribution in [0.15, 0.2) is 57.9 Å². The van der Waals surface area contributed by atoms with Crippen LogP contribution in [0, 0.1) is 6.92 Å². The van der Waals surface area contributed by atoms with Gasteiger partial charge in [0.1, 0.15) is 5.75 Å². The highest BCUT2D eigenvalue weighted by molar-refractivity contribution is 7.90. The Labute approximate surface area is 181 Å². The van der Waals surface area contributed by atoms with Crippen LogP contribution in [0.5, 0.6) is 0 Å². The number of carbonyl (C=O) groups excluding carboxylic acids is 1. The molecule has 1 heterocycles. The van der Waals surface area contributed by atoms with Crippen LogP contribution in [0.4, 0.5) is 0 Å². The molecule has 1 aromatic heterocycles. The lowest BCUT2D eigenvalue weighted by atomic mass is 9.87. The van der Waals surface area contributed by atoms with E-state index in [9.17, 15) is 13.2 Å². The number of aromatic nitrogens is 2. The van der Waals surface area contributed by atoms with Crippen molar-refractivity contribution in [2.45, 2.75) is 55.7 Å². The highest BCUT2D eigenvalue weighted by Crippen LogP contribution is 2.29. The summed E-state index contributed by atoms with van der Waals surface area (Å²) in [6, 6.07) is 14.9. The van der Waals surface area contributed by atoms with Crippen LogP contribution >= 0.6 is 0 Å². The zero-order chi connectivity index (χ0) is 21.8. The minimum absolute atomic E-state index is 0.0235. The van der Waals surface area contributed by atoms with E-state index in [4.69, 9.17) is 4.52 Å². The molecule has 1 atom stereocenters. The number of hydrogen-bond donors (Lipinski definition) is 1. The molecular weight excluding hydrogens is 414 g/mol. The van der Waals surface area contributed by atoms with Gasteiger partial charge in [-0.15, -0.1) is 0 Å². The average molecular weight is 440 g/mol. The number of benzene rings is 2. The molecule has 2 aromatic carbocycles. The van der Waals surface area contributed by atoms with Crippen molar-refractivity contribution in [3.05, 3.63) is 76.9 Å². The quantitative estimate of drug-likeness (QED) is 0.605. The van der Waals surface area contributed by atoms with E-state index in [1.165, 1.54) is 11.1 Å². The second kappa shape index (κ2) is 9.01. The molecule has 1 N–H and O–H groups in total. The number of carbonyl (C=O) groups is 1. The Hall–Kier alpha value is -3.00. The Morgan fingerprint density at radius 3 is 2.74 bits per heavy atom. The summed E-state index contributed by atoms with van der Waals surface area (Å²) in [7, 11) is -3.56. The smallest absolute Gasteiger partial charge is 0.227 e. The summed E-state index contributed by atoms with van der Waals surface area (Å²) in [6.07, 6.45) is 3.47. The normalized spacial score (nSPS) is 16.0. The summed E-state index contributed by atoms with van der Waals surface area (Å²) in [5, 5.41) is 6.86. The first-order chi connectivity index (χ1) is 14.9. The molecule has 0 radical (unpaired) electrons. The van der Waals surface area contributed by atoms with Crippen molar-refractivity contribution in [2.75, 3.05) is 0 Å². The van der Waals surface area contributed by atoms with Gasteiger partial charge < -0.3 is 9.84 Å². The van der Waals surface area contributed by atoms with E-state index in [0.29, 0.717) is 0 Å². The highest BCUT2D eigenvalue weighted by atomic mass is 32.2. The third kappa shape index (κ3) is 5.19. The Balaban J connectivity index is 1.32. The predicted octanol–water partition coefficient (Wildman–Crippen LogP) is 3.48. The van der Waals surface area contributed by atoms with Crippen molar-refractivity contribution in [2.24, 2.45) is 0 Å². The largest absolute Gasteiger partial charge is 0.349 e. The van der Waals surface area contributed by atoms with E-state index >= 15 is 0 Å². The molecule has 1 amide bonds. The van der Waals surface area contributed by atoms with Gasteiger partial charge in [0.15, 0.2) is 15.7 Å². The molecule has 0 bridgehead atoms. The van der Waals surface area contributed by atoms with Gasteiger partial charge in [-0.25, -0.2) is 8.42 Å². The van der Waals surface area contributed by atoms with Crippen LogP contribution in [0.1, 0.15) is 53.7 Å². The standard InChI is InChI=1S/C23H25N3O4S/c1-16-9-11-18(12-10-16)31(28,29)15-21-25-23(30-26-21)14-13-22(27)24-20-8-4-6-17-5-2-3-7-19(17)20/h2-3,5,7,9-12,20H,4,6,8,13-15H2,1H3,(H,24,27). The average Bonchev–Trinajstić information content (AvgIpc) is 3.19. The molecule has 3 aromatic rings. The summed E-state index contributed by atoms with van der Waals surface area (Å²) in [6.45, 7) is 1.89. The molecule has 162 valence electrons. The Kier molecular flexibility index (Phi) is 6.18. The SMILES string of the molecule is Cc1ccc(S(=O)(=O)Cc2noc(CCC(=O)NC3CCCc4ccccc43)n2)cc1. The third-order valence-corrected chi connectivity index (χ3v) is 7.11. The molecular formula is C23H25N3O4S. The summed E-state index contributed by atoms with van der Waals surface area (Å²) < 4.78 is 30.2. The van der Waals surface area contributed by atoms with E-state index in [1.807, 2.05) is 19.1 Å². The van der Waals surface area contributed by atoms with Crippen molar-refractivity contribution >= 4 is 15.7 Å². The lowest BCUT2D eigenvalue weighted by Crippen LogP contribution is -2.31. The van der Waals surface area contributed by atoms with Gasteiger partial charge in [0, 0.05) is 12.8 Å². The van der Waals surface area contributed by atoms with E-state index in [2.05, 4.69) is 27.6 Å². The fraction of sp³-hybridized carbons (Fsp3) is 0.348. The summed E-state index contributed by atoms with van der Waals surface area (Å²) in [5.74, 6) is -0.0795. The summed E-state index contributed by atoms with van der Waals surface area (Å²) in [5.41, 5.74) is 3.45. The van der Waals surface area contributed by atoms with Crippen LogP contribution in [0.25, 0.3) is 0 Å². The molecule has 1 unspecified atom stereocenters. The topological polar surface area (TPSA) is 102 Å². The maximum atomic E-state index is 12.5. The van der Waals surface area contributed by atoms with Crippen molar-refractivity contribution in [1.82, 2.24) is 15.5 Å². The van der Waals surface area contributed by atoms with E-state index in [-0.39, 0.29) is 47.2 Å². The van der Waals surface area contributed by atoms with Gasteiger partial charge in [-0.1, -0.05) is 47.1 Å². The van der Waals surface area contributed by atoms with Gasteiger partial charge in [0.2, 0.25) is 11.8 Å². The number of fused-ring (bicyclic) bond motifs is 1. The monoisotopic (exact) mass is 439 g/mol. The molecule has 0 saturated heterocycles. The first kappa shape index (κ1) is 21.2. The minimum Gasteiger partial charge on any atom is -0.349 e. The molecule has 0 fully saturated rings. The molecule has 0 aliphatic heterocycles. The van der Waals surface area contributed by atoms with Gasteiger partial charge in [-0.2, -0.15) is 4.98 Å². The molecule has 0 saturated carbocycles. The van der Waals surface area contributed by atoms with Crippen molar-refractivity contribution in [1.29, 1.82) is 0 Å². The molecule has 1 aliphatic rings. The molecule has 4 rings (SSSR count). The molecule has 31 heavy (non-hydrogen) atoms. The van der Waals surface area contributed by atoms with Crippen LogP contribution in [0.3, 0.4) is 0 Å². The number of sulfone groups is 1. The van der Waals surface area contributed by atoms with Crippen LogP contribution in [0.2, 0.25) is 0 Å². The maximum Gasteiger partial charge on any atom is 0.227 e. The number of nitrogens with one attached hydrogen (secondary N) is 1. The van der Waals surface area contributed by atoms with Gasteiger partial charge >= 0.3 is 0 Å². The number of nitrogens with zero attached hydrogens (tertiary/aromatic N) is 2. The zero-order valence-electron chi connectivity index (χ0n) is 17.4. The fourth-order valence-electron chi connectivity index (χ4n) is 3.84. The van der Waals surface area contributed by atoms with E-state index in [1.54, 1.807) is 24.3 Å². The minimum atomic E-state index is -3.56. The lowest BCUT2D eigenvalue weighted by molar-refractivity contribution is -0.122. The lowest BCUT2D eigenvalue weighted by Gasteiger charge is -2.26. The van der Waals surface area contributed by atoms with E-state index < -0.39 is 9.84 Å². The van der Waals surface area contributed by atoms with Gasteiger partial charge in [0.25, 0.3) is 0 Å². The number of aryl methyl sites for hydroxylation is 3. The van der Waals surface area contributed by atoms with Crippen LogP contribution in [-0.4, -0.2) is 24.5 Å².